The molecule has 94 valence electrons. The molecule has 0 bridgehead atoms. The SMILES string of the molecule is COc1ccc(CCCCCC(=O)ON)cc1. The van der Waals surface area contributed by atoms with Crippen LogP contribution in [0.5, 0.6) is 5.75 Å². The molecule has 0 saturated heterocycles. The number of aryl methyl sites for hydroxylation is 1. The van der Waals surface area contributed by atoms with E-state index in [-0.39, 0.29) is 5.97 Å². The van der Waals surface area contributed by atoms with Crippen LogP contribution in [0.15, 0.2) is 24.3 Å². The second-order valence-corrected chi connectivity index (χ2v) is 3.90. The Morgan fingerprint density at radius 1 is 1.18 bits per heavy atom. The molecule has 4 heteroatoms. The number of carbonyl (C=O) groups is 1. The molecule has 0 unspecified atom stereocenters. The van der Waals surface area contributed by atoms with E-state index >= 15 is 0 Å². The van der Waals surface area contributed by atoms with Crippen LogP contribution in [0, 0.1) is 0 Å². The van der Waals surface area contributed by atoms with E-state index < -0.39 is 0 Å². The number of unbranched alkanes of at least 4 members (excludes halogenated alkanes) is 2. The number of rotatable bonds is 7. The van der Waals surface area contributed by atoms with Gasteiger partial charge in [-0.2, -0.15) is 5.90 Å². The number of methoxy groups -OCH3 is 1. The van der Waals surface area contributed by atoms with Crippen molar-refractivity contribution in [2.75, 3.05) is 7.11 Å². The molecule has 0 fully saturated rings. The third-order valence-electron chi connectivity index (χ3n) is 2.64. The Balaban J connectivity index is 2.15. The van der Waals surface area contributed by atoms with Crippen LogP contribution in [0.1, 0.15) is 31.2 Å². The molecule has 0 radical (unpaired) electrons. The van der Waals surface area contributed by atoms with Gasteiger partial charge in [-0.3, -0.25) is 4.79 Å². The molecule has 0 aromatic heterocycles. The van der Waals surface area contributed by atoms with Crippen molar-refractivity contribution < 1.29 is 14.4 Å². The zero-order valence-electron chi connectivity index (χ0n) is 10.1. The van der Waals surface area contributed by atoms with E-state index in [2.05, 4.69) is 17.0 Å². The first-order valence-corrected chi connectivity index (χ1v) is 5.78. The summed E-state index contributed by atoms with van der Waals surface area (Å²) in [6.07, 6.45) is 4.30. The molecular weight excluding hydrogens is 218 g/mol. The number of hydrogen-bond acceptors (Lipinski definition) is 4. The van der Waals surface area contributed by atoms with Crippen LogP contribution >= 0.6 is 0 Å². The Labute approximate surface area is 102 Å². The van der Waals surface area contributed by atoms with Gasteiger partial charge in [-0.15, -0.1) is 0 Å². The van der Waals surface area contributed by atoms with Crippen molar-refractivity contribution in [2.45, 2.75) is 32.1 Å². The van der Waals surface area contributed by atoms with Gasteiger partial charge in [0.15, 0.2) is 0 Å². The van der Waals surface area contributed by atoms with Crippen molar-refractivity contribution in [1.29, 1.82) is 0 Å². The molecule has 1 aromatic rings. The van der Waals surface area contributed by atoms with E-state index in [4.69, 9.17) is 10.6 Å². The van der Waals surface area contributed by atoms with E-state index in [9.17, 15) is 4.79 Å². The number of ether oxygens (including phenoxy) is 1. The highest BCUT2D eigenvalue weighted by molar-refractivity contribution is 5.68. The maximum absolute atomic E-state index is 10.8. The van der Waals surface area contributed by atoms with E-state index in [0.717, 1.165) is 31.4 Å². The van der Waals surface area contributed by atoms with Gasteiger partial charge in [-0.1, -0.05) is 18.6 Å². The lowest BCUT2D eigenvalue weighted by Gasteiger charge is -2.03. The minimum atomic E-state index is -0.338. The molecule has 17 heavy (non-hydrogen) atoms. The predicted molar refractivity (Wildman–Crippen MR) is 65.4 cm³/mol. The highest BCUT2D eigenvalue weighted by atomic mass is 16.7. The lowest BCUT2D eigenvalue weighted by molar-refractivity contribution is -0.144. The van der Waals surface area contributed by atoms with Gasteiger partial charge in [-0.25, -0.2) is 0 Å². The van der Waals surface area contributed by atoms with Gasteiger partial charge in [0.25, 0.3) is 0 Å². The van der Waals surface area contributed by atoms with Crippen molar-refractivity contribution in [3.05, 3.63) is 29.8 Å². The summed E-state index contributed by atoms with van der Waals surface area (Å²) in [6.45, 7) is 0. The third-order valence-corrected chi connectivity index (χ3v) is 2.64. The Morgan fingerprint density at radius 3 is 2.47 bits per heavy atom. The van der Waals surface area contributed by atoms with Crippen LogP contribution in [-0.4, -0.2) is 13.1 Å². The second-order valence-electron chi connectivity index (χ2n) is 3.90. The predicted octanol–water partition coefficient (Wildman–Crippen LogP) is 2.21. The summed E-state index contributed by atoms with van der Waals surface area (Å²) in [5, 5.41) is 0. The fourth-order valence-corrected chi connectivity index (χ4v) is 1.63. The van der Waals surface area contributed by atoms with E-state index in [1.165, 1.54) is 5.56 Å². The van der Waals surface area contributed by atoms with Crippen molar-refractivity contribution in [2.24, 2.45) is 5.90 Å². The van der Waals surface area contributed by atoms with E-state index in [1.807, 2.05) is 12.1 Å². The number of nitrogens with two attached hydrogens (primary N) is 1. The lowest BCUT2D eigenvalue weighted by atomic mass is 10.1. The summed E-state index contributed by atoms with van der Waals surface area (Å²) in [4.78, 5) is 14.8. The lowest BCUT2D eigenvalue weighted by Crippen LogP contribution is -2.09. The standard InChI is InChI=1S/C13H19NO3/c1-16-12-9-7-11(8-10-12)5-3-2-4-6-13(15)17-14/h7-10H,2-6,14H2,1H3. The monoisotopic (exact) mass is 237 g/mol. The minimum absolute atomic E-state index is 0.338. The summed E-state index contributed by atoms with van der Waals surface area (Å²) in [5.74, 6) is 5.28. The van der Waals surface area contributed by atoms with Gasteiger partial charge in [0.2, 0.25) is 0 Å². The number of carbonyl (C=O) groups excluding carboxylic acids is 1. The van der Waals surface area contributed by atoms with E-state index in [0.29, 0.717) is 6.42 Å². The topological polar surface area (TPSA) is 61.5 Å². The molecule has 0 amide bonds. The summed E-state index contributed by atoms with van der Waals surface area (Å²) in [5.41, 5.74) is 1.28. The molecule has 0 heterocycles. The zero-order valence-corrected chi connectivity index (χ0v) is 10.1. The van der Waals surface area contributed by atoms with Crippen molar-refractivity contribution in [3.63, 3.8) is 0 Å². The Hall–Kier alpha value is -1.55. The molecule has 0 saturated carbocycles. The molecule has 0 aliphatic rings. The van der Waals surface area contributed by atoms with Crippen molar-refractivity contribution >= 4 is 5.97 Å². The van der Waals surface area contributed by atoms with Crippen LogP contribution in [0.2, 0.25) is 0 Å². The normalized spacial score (nSPS) is 10.0. The fraction of sp³-hybridized carbons (Fsp3) is 0.462. The molecule has 2 N–H and O–H groups in total. The summed E-state index contributed by atoms with van der Waals surface area (Å²) < 4.78 is 5.09. The van der Waals surface area contributed by atoms with Gasteiger partial charge in [-0.05, 0) is 37.0 Å². The first kappa shape index (κ1) is 13.5. The van der Waals surface area contributed by atoms with Crippen molar-refractivity contribution in [1.82, 2.24) is 0 Å². The molecule has 0 spiro atoms. The fourth-order valence-electron chi connectivity index (χ4n) is 1.63. The Morgan fingerprint density at radius 2 is 1.88 bits per heavy atom. The summed E-state index contributed by atoms with van der Waals surface area (Å²) in [6, 6.07) is 8.04. The molecule has 0 aliphatic heterocycles. The molecule has 1 rings (SSSR count). The van der Waals surface area contributed by atoms with Crippen LogP contribution in [0.4, 0.5) is 0 Å². The van der Waals surface area contributed by atoms with Crippen LogP contribution in [0.25, 0.3) is 0 Å². The highest BCUT2D eigenvalue weighted by Crippen LogP contribution is 2.13. The minimum Gasteiger partial charge on any atom is -0.497 e. The maximum atomic E-state index is 10.8. The number of benzene rings is 1. The smallest absolute Gasteiger partial charge is 0.324 e. The van der Waals surface area contributed by atoms with Crippen LogP contribution in [-0.2, 0) is 16.1 Å². The van der Waals surface area contributed by atoms with Gasteiger partial charge in [0.1, 0.15) is 5.75 Å². The van der Waals surface area contributed by atoms with E-state index in [1.54, 1.807) is 7.11 Å². The average Bonchev–Trinajstić information content (AvgIpc) is 2.38. The maximum Gasteiger partial charge on any atom is 0.324 e. The zero-order chi connectivity index (χ0) is 12.5. The number of hydrogen-bond donors (Lipinski definition) is 1. The molecule has 0 aliphatic carbocycles. The van der Waals surface area contributed by atoms with Gasteiger partial charge in [0, 0.05) is 6.42 Å². The van der Waals surface area contributed by atoms with Crippen LogP contribution in [0.3, 0.4) is 0 Å². The average molecular weight is 237 g/mol. The summed E-state index contributed by atoms with van der Waals surface area (Å²) in [7, 11) is 1.66. The molecular formula is C13H19NO3. The quantitative estimate of drug-likeness (QED) is 0.583. The third kappa shape index (κ3) is 5.36. The van der Waals surface area contributed by atoms with Crippen molar-refractivity contribution in [3.8, 4) is 5.75 Å². The summed E-state index contributed by atoms with van der Waals surface area (Å²) >= 11 is 0. The Bertz CT molecular complexity index is 335. The van der Waals surface area contributed by atoms with Gasteiger partial charge >= 0.3 is 5.97 Å². The van der Waals surface area contributed by atoms with Crippen LogP contribution < -0.4 is 10.6 Å². The highest BCUT2D eigenvalue weighted by Gasteiger charge is 2.00. The molecule has 4 nitrogen and oxygen atoms in total. The first-order chi connectivity index (χ1) is 8.26. The second kappa shape index (κ2) is 7.68. The van der Waals surface area contributed by atoms with Gasteiger partial charge in [0.05, 0.1) is 7.11 Å². The Kier molecular flexibility index (Phi) is 6.10. The molecule has 0 atom stereocenters. The largest absolute Gasteiger partial charge is 0.497 e. The molecule has 1 aromatic carbocycles. The first-order valence-electron chi connectivity index (χ1n) is 5.78. The van der Waals surface area contributed by atoms with Gasteiger partial charge < -0.3 is 9.57 Å².